The fourth-order valence-corrected chi connectivity index (χ4v) is 1.22. The van der Waals surface area contributed by atoms with Crippen LogP contribution in [0.2, 0.25) is 0 Å². The van der Waals surface area contributed by atoms with Crippen LogP contribution < -0.4 is 0 Å². The van der Waals surface area contributed by atoms with Crippen molar-refractivity contribution < 1.29 is 5.11 Å². The van der Waals surface area contributed by atoms with Gasteiger partial charge in [0.1, 0.15) is 0 Å². The quantitative estimate of drug-likeness (QED) is 0.543. The molecule has 0 rings (SSSR count). The van der Waals surface area contributed by atoms with Crippen LogP contribution in [0.25, 0.3) is 0 Å². The lowest BCUT2D eigenvalue weighted by molar-refractivity contribution is 0.283. The zero-order valence-electron chi connectivity index (χ0n) is 12.5. The minimum absolute atomic E-state index is 0.361. The van der Waals surface area contributed by atoms with E-state index in [0.29, 0.717) is 6.61 Å². The Balaban J connectivity index is -0.000000183. The average molecular weight is 232 g/mol. The summed E-state index contributed by atoms with van der Waals surface area (Å²) in [5, 5.41) is 8.29. The second kappa shape index (κ2) is 29.4. The van der Waals surface area contributed by atoms with Crippen LogP contribution in [-0.4, -0.2) is 11.7 Å². The van der Waals surface area contributed by atoms with Crippen LogP contribution in [0.15, 0.2) is 0 Å². The van der Waals surface area contributed by atoms with Gasteiger partial charge in [0.15, 0.2) is 0 Å². The van der Waals surface area contributed by atoms with Gasteiger partial charge in [-0.15, -0.1) is 0 Å². The summed E-state index contributed by atoms with van der Waals surface area (Å²) in [4.78, 5) is 0. The zero-order chi connectivity index (χ0) is 13.1. The number of hydrogen-bond acceptors (Lipinski definition) is 1. The van der Waals surface area contributed by atoms with Gasteiger partial charge in [0, 0.05) is 6.61 Å². The molecule has 0 aliphatic rings. The molecule has 0 saturated carbocycles. The van der Waals surface area contributed by atoms with E-state index in [0.717, 1.165) is 6.42 Å². The molecule has 0 aliphatic carbocycles. The molecule has 1 heteroatoms. The molecular weight excluding hydrogens is 196 g/mol. The van der Waals surface area contributed by atoms with E-state index in [4.69, 9.17) is 5.11 Å². The molecule has 0 unspecified atom stereocenters. The number of aliphatic hydroxyl groups is 1. The number of unbranched alkanes of at least 4 members (excludes halogenated alkanes) is 7. The summed E-state index contributed by atoms with van der Waals surface area (Å²) >= 11 is 0. The van der Waals surface area contributed by atoms with Gasteiger partial charge >= 0.3 is 0 Å². The number of rotatable bonds is 8. The Morgan fingerprint density at radius 1 is 0.562 bits per heavy atom. The molecular formula is C15H36O. The molecule has 0 saturated heterocycles. The summed E-state index contributed by atoms with van der Waals surface area (Å²) in [5.74, 6) is 0. The molecule has 0 radical (unpaired) electrons. The van der Waals surface area contributed by atoms with Crippen LogP contribution in [0.5, 0.6) is 0 Å². The van der Waals surface area contributed by atoms with Gasteiger partial charge in [0.25, 0.3) is 0 Å². The predicted octanol–water partition coefficient (Wildman–Crippen LogP) is 5.56. The Morgan fingerprint density at radius 2 is 0.875 bits per heavy atom. The molecule has 1 N–H and O–H groups in total. The lowest BCUT2D eigenvalue weighted by atomic mass is 10.2. The molecule has 0 fully saturated rings. The third-order valence-corrected chi connectivity index (χ3v) is 2.22. The van der Waals surface area contributed by atoms with Crippen LogP contribution in [0.3, 0.4) is 0 Å². The molecule has 0 heterocycles. The molecule has 1 nitrogen and oxygen atoms in total. The van der Waals surface area contributed by atoms with Crippen molar-refractivity contribution in [2.75, 3.05) is 6.61 Å². The third kappa shape index (κ3) is 37.0. The van der Waals surface area contributed by atoms with Crippen LogP contribution in [0, 0.1) is 0 Å². The summed E-state index contributed by atoms with van der Waals surface area (Å²) in [6.45, 7) is 11.0. The number of hydrogen-bond donors (Lipinski definition) is 1. The molecule has 16 heavy (non-hydrogen) atoms. The molecule has 0 spiro atoms. The lowest BCUT2D eigenvalue weighted by Crippen LogP contribution is -1.80. The highest BCUT2D eigenvalue weighted by Gasteiger charge is 1.81. The van der Waals surface area contributed by atoms with E-state index >= 15 is 0 Å². The Morgan fingerprint density at radius 3 is 1.12 bits per heavy atom. The van der Waals surface area contributed by atoms with E-state index in [2.05, 4.69) is 20.8 Å². The van der Waals surface area contributed by atoms with Crippen molar-refractivity contribution in [1.29, 1.82) is 0 Å². The Hall–Kier alpha value is -0.0400. The van der Waals surface area contributed by atoms with Crippen LogP contribution in [-0.2, 0) is 0 Å². The standard InChI is InChI=1S/C7H16.C6H14O.C2H6/c1-3-5-7-6-4-2;1-2-3-4-5-6-7;1-2/h3-7H2,1-2H3;7H,2-6H2,1H3;1-2H3. The first-order chi connectivity index (χ1) is 7.83. The highest BCUT2D eigenvalue weighted by Crippen LogP contribution is 2.00. The second-order valence-corrected chi connectivity index (χ2v) is 3.84. The van der Waals surface area contributed by atoms with Crippen molar-refractivity contribution in [3.8, 4) is 0 Å². The fraction of sp³-hybridized carbons (Fsp3) is 1.00. The summed E-state index contributed by atoms with van der Waals surface area (Å²) in [6, 6.07) is 0. The van der Waals surface area contributed by atoms with Gasteiger partial charge in [0.2, 0.25) is 0 Å². The zero-order valence-corrected chi connectivity index (χ0v) is 12.5. The number of aliphatic hydroxyl groups excluding tert-OH is 1. The van der Waals surface area contributed by atoms with E-state index in [1.54, 1.807) is 0 Å². The molecule has 0 aromatic heterocycles. The Kier molecular flexibility index (Phi) is 39.1. The van der Waals surface area contributed by atoms with Crippen molar-refractivity contribution in [2.24, 2.45) is 0 Å². The van der Waals surface area contributed by atoms with Crippen LogP contribution >= 0.6 is 0 Å². The fourth-order valence-electron chi connectivity index (χ4n) is 1.22. The van der Waals surface area contributed by atoms with Gasteiger partial charge in [-0.3, -0.25) is 0 Å². The maximum atomic E-state index is 8.29. The first-order valence-corrected chi connectivity index (χ1v) is 7.44. The van der Waals surface area contributed by atoms with E-state index < -0.39 is 0 Å². The monoisotopic (exact) mass is 232 g/mol. The third-order valence-electron chi connectivity index (χ3n) is 2.22. The molecule has 0 atom stereocenters. The summed E-state index contributed by atoms with van der Waals surface area (Å²) in [7, 11) is 0. The molecule has 0 bridgehead atoms. The van der Waals surface area contributed by atoms with Gasteiger partial charge in [-0.2, -0.15) is 0 Å². The molecule has 0 amide bonds. The molecule has 102 valence electrons. The molecule has 0 aliphatic heterocycles. The maximum absolute atomic E-state index is 8.29. The van der Waals surface area contributed by atoms with Gasteiger partial charge in [-0.1, -0.05) is 86.0 Å². The Labute approximate surface area is 105 Å². The predicted molar refractivity (Wildman–Crippen MR) is 77.0 cm³/mol. The van der Waals surface area contributed by atoms with E-state index in [1.807, 2.05) is 13.8 Å². The first-order valence-electron chi connectivity index (χ1n) is 7.44. The van der Waals surface area contributed by atoms with Gasteiger partial charge in [-0.25, -0.2) is 0 Å². The van der Waals surface area contributed by atoms with Crippen molar-refractivity contribution >= 4 is 0 Å². The van der Waals surface area contributed by atoms with Gasteiger partial charge in [-0.05, 0) is 6.42 Å². The SMILES string of the molecule is CC.CCCCCCC.CCCCCCO. The lowest BCUT2D eigenvalue weighted by Gasteiger charge is -1.90. The van der Waals surface area contributed by atoms with Gasteiger partial charge < -0.3 is 5.11 Å². The normalized spacial score (nSPS) is 8.62. The van der Waals surface area contributed by atoms with Crippen LogP contribution in [0.1, 0.15) is 92.4 Å². The van der Waals surface area contributed by atoms with Crippen molar-refractivity contribution in [3.05, 3.63) is 0 Å². The summed E-state index contributed by atoms with van der Waals surface area (Å²) < 4.78 is 0. The minimum Gasteiger partial charge on any atom is -0.396 e. The molecule has 0 aromatic carbocycles. The van der Waals surface area contributed by atoms with E-state index in [9.17, 15) is 0 Å². The largest absolute Gasteiger partial charge is 0.396 e. The maximum Gasteiger partial charge on any atom is 0.0431 e. The second-order valence-electron chi connectivity index (χ2n) is 3.84. The smallest absolute Gasteiger partial charge is 0.0431 e. The highest BCUT2D eigenvalue weighted by atomic mass is 16.2. The summed E-state index contributed by atoms with van der Waals surface area (Å²) in [6.07, 6.45) is 11.7. The van der Waals surface area contributed by atoms with Crippen molar-refractivity contribution in [2.45, 2.75) is 92.4 Å². The van der Waals surface area contributed by atoms with E-state index in [1.165, 1.54) is 51.4 Å². The highest BCUT2D eigenvalue weighted by molar-refractivity contribution is 4.36. The first kappa shape index (κ1) is 21.3. The van der Waals surface area contributed by atoms with Gasteiger partial charge in [0.05, 0.1) is 0 Å². The van der Waals surface area contributed by atoms with Crippen molar-refractivity contribution in [1.82, 2.24) is 0 Å². The van der Waals surface area contributed by atoms with Crippen molar-refractivity contribution in [3.63, 3.8) is 0 Å². The minimum atomic E-state index is 0.361. The Bertz CT molecular complexity index is 53.8. The average Bonchev–Trinajstić information content (AvgIpc) is 2.34. The van der Waals surface area contributed by atoms with E-state index in [-0.39, 0.29) is 0 Å². The topological polar surface area (TPSA) is 20.2 Å². The summed E-state index contributed by atoms with van der Waals surface area (Å²) in [5.41, 5.74) is 0. The molecule has 0 aromatic rings. The van der Waals surface area contributed by atoms with Crippen LogP contribution in [0.4, 0.5) is 0 Å².